The van der Waals surface area contributed by atoms with Gasteiger partial charge in [-0.25, -0.2) is 5.84 Å². The van der Waals surface area contributed by atoms with E-state index in [1.165, 1.54) is 12.0 Å². The molecule has 0 fully saturated rings. The highest BCUT2D eigenvalue weighted by Gasteiger charge is 2.11. The minimum Gasteiger partial charge on any atom is -0.385 e. The van der Waals surface area contributed by atoms with Crippen molar-refractivity contribution in [3.63, 3.8) is 0 Å². The molecule has 0 saturated heterocycles. The molecule has 0 bridgehead atoms. The van der Waals surface area contributed by atoms with Gasteiger partial charge >= 0.3 is 0 Å². The monoisotopic (exact) mass is 325 g/mol. The molecule has 0 aliphatic rings. The van der Waals surface area contributed by atoms with Gasteiger partial charge in [-0.2, -0.15) is 0 Å². The number of amides is 1. The second-order valence-corrected chi connectivity index (χ2v) is 6.18. The van der Waals surface area contributed by atoms with Gasteiger partial charge in [0.15, 0.2) is 0 Å². The summed E-state index contributed by atoms with van der Waals surface area (Å²) in [5.41, 5.74) is 5.86. The van der Waals surface area contributed by atoms with E-state index in [0.717, 1.165) is 30.6 Å². The second kappa shape index (κ2) is 9.73. The van der Waals surface area contributed by atoms with Crippen molar-refractivity contribution in [1.82, 2.24) is 5.43 Å². The number of anilines is 1. The van der Waals surface area contributed by atoms with Crippen molar-refractivity contribution < 1.29 is 4.79 Å². The van der Waals surface area contributed by atoms with Gasteiger partial charge in [0.05, 0.1) is 0 Å². The molecule has 4 N–H and O–H groups in total. The molecule has 0 saturated carbocycles. The topological polar surface area (TPSA) is 67.2 Å². The quantitative estimate of drug-likeness (QED) is 0.287. The first kappa shape index (κ1) is 18.0. The predicted molar refractivity (Wildman–Crippen MR) is 99.5 cm³/mol. The number of aryl methyl sites for hydroxylation is 1. The van der Waals surface area contributed by atoms with Crippen molar-refractivity contribution >= 4 is 11.6 Å². The van der Waals surface area contributed by atoms with Gasteiger partial charge in [0.2, 0.25) is 5.91 Å². The fourth-order valence-corrected chi connectivity index (χ4v) is 2.68. The summed E-state index contributed by atoms with van der Waals surface area (Å²) in [6.45, 7) is 2.85. The molecule has 0 heterocycles. The summed E-state index contributed by atoms with van der Waals surface area (Å²) < 4.78 is 0. The molecule has 0 radical (unpaired) electrons. The Hall–Kier alpha value is -2.33. The Balaban J connectivity index is 1.67. The SMILES string of the molecule is CC(Cc1ccc(NCCCCc2ccccc2)cc1)C(=O)NN. The van der Waals surface area contributed by atoms with Gasteiger partial charge in [-0.05, 0) is 48.9 Å². The van der Waals surface area contributed by atoms with Crippen molar-refractivity contribution in [1.29, 1.82) is 0 Å². The van der Waals surface area contributed by atoms with Crippen LogP contribution in [0.2, 0.25) is 0 Å². The Morgan fingerprint density at radius 3 is 2.38 bits per heavy atom. The summed E-state index contributed by atoms with van der Waals surface area (Å²) in [5, 5.41) is 3.45. The molecule has 24 heavy (non-hydrogen) atoms. The zero-order valence-electron chi connectivity index (χ0n) is 14.3. The number of carbonyl (C=O) groups excluding carboxylic acids is 1. The number of nitrogens with two attached hydrogens (primary N) is 1. The summed E-state index contributed by atoms with van der Waals surface area (Å²) >= 11 is 0. The van der Waals surface area contributed by atoms with Gasteiger partial charge in [-0.15, -0.1) is 0 Å². The largest absolute Gasteiger partial charge is 0.385 e. The lowest BCUT2D eigenvalue weighted by Crippen LogP contribution is -2.35. The van der Waals surface area contributed by atoms with Crippen LogP contribution >= 0.6 is 0 Å². The lowest BCUT2D eigenvalue weighted by Gasteiger charge is -2.11. The third kappa shape index (κ3) is 6.05. The van der Waals surface area contributed by atoms with Crippen LogP contribution in [0.3, 0.4) is 0 Å². The van der Waals surface area contributed by atoms with Crippen molar-refractivity contribution in [3.8, 4) is 0 Å². The molecule has 128 valence electrons. The van der Waals surface area contributed by atoms with Gasteiger partial charge in [0, 0.05) is 18.2 Å². The Labute approximate surface area is 144 Å². The number of rotatable bonds is 9. The number of hydrazine groups is 1. The number of hydrogen-bond donors (Lipinski definition) is 3. The summed E-state index contributed by atoms with van der Waals surface area (Å²) in [6.07, 6.45) is 4.15. The summed E-state index contributed by atoms with van der Waals surface area (Å²) in [7, 11) is 0. The van der Waals surface area contributed by atoms with Gasteiger partial charge < -0.3 is 5.32 Å². The highest BCUT2D eigenvalue weighted by molar-refractivity contribution is 5.77. The molecule has 1 atom stereocenters. The predicted octanol–water partition coefficient (Wildman–Crippen LogP) is 3.29. The highest BCUT2D eigenvalue weighted by Crippen LogP contribution is 2.14. The smallest absolute Gasteiger partial charge is 0.237 e. The van der Waals surface area contributed by atoms with Crippen LogP contribution in [0.4, 0.5) is 5.69 Å². The van der Waals surface area contributed by atoms with Crippen LogP contribution in [-0.2, 0) is 17.6 Å². The van der Waals surface area contributed by atoms with Crippen molar-refractivity contribution in [3.05, 3.63) is 65.7 Å². The van der Waals surface area contributed by atoms with Crippen LogP contribution in [-0.4, -0.2) is 12.5 Å². The second-order valence-electron chi connectivity index (χ2n) is 6.18. The Morgan fingerprint density at radius 2 is 1.71 bits per heavy atom. The molecule has 2 rings (SSSR count). The van der Waals surface area contributed by atoms with E-state index < -0.39 is 0 Å². The third-order valence-electron chi connectivity index (χ3n) is 4.15. The van der Waals surface area contributed by atoms with Crippen LogP contribution < -0.4 is 16.6 Å². The van der Waals surface area contributed by atoms with E-state index in [2.05, 4.69) is 65.3 Å². The summed E-state index contributed by atoms with van der Waals surface area (Å²) in [4.78, 5) is 11.4. The average molecular weight is 325 g/mol. The molecule has 4 heteroatoms. The minimum absolute atomic E-state index is 0.119. The van der Waals surface area contributed by atoms with Crippen LogP contribution in [0, 0.1) is 5.92 Å². The summed E-state index contributed by atoms with van der Waals surface area (Å²) in [5.74, 6) is 4.91. The fourth-order valence-electron chi connectivity index (χ4n) is 2.68. The molecule has 0 spiro atoms. The van der Waals surface area contributed by atoms with E-state index in [-0.39, 0.29) is 11.8 Å². The molecule has 1 unspecified atom stereocenters. The standard InChI is InChI=1S/C20H27N3O/c1-16(20(24)23-21)15-18-10-12-19(13-11-18)22-14-6-5-9-17-7-3-2-4-8-17/h2-4,7-8,10-13,16,22H,5-6,9,14-15,21H2,1H3,(H,23,24). The minimum atomic E-state index is -0.129. The Morgan fingerprint density at radius 1 is 1.00 bits per heavy atom. The van der Waals surface area contributed by atoms with Crippen molar-refractivity contribution in [2.24, 2.45) is 11.8 Å². The molecule has 0 aliphatic carbocycles. The maximum atomic E-state index is 11.4. The average Bonchev–Trinajstić information content (AvgIpc) is 2.63. The molecule has 2 aromatic rings. The molecule has 2 aromatic carbocycles. The van der Waals surface area contributed by atoms with Crippen LogP contribution in [0.15, 0.2) is 54.6 Å². The number of carbonyl (C=O) groups is 1. The zero-order valence-corrected chi connectivity index (χ0v) is 14.3. The van der Waals surface area contributed by atoms with Crippen LogP contribution in [0.1, 0.15) is 30.9 Å². The number of nitrogens with one attached hydrogen (secondary N) is 2. The molecule has 4 nitrogen and oxygen atoms in total. The van der Waals surface area contributed by atoms with E-state index >= 15 is 0 Å². The van der Waals surface area contributed by atoms with E-state index in [1.807, 2.05) is 6.92 Å². The normalized spacial score (nSPS) is 11.8. The molecule has 0 aromatic heterocycles. The highest BCUT2D eigenvalue weighted by atomic mass is 16.2. The first-order valence-corrected chi connectivity index (χ1v) is 8.56. The molecule has 1 amide bonds. The lowest BCUT2D eigenvalue weighted by molar-refractivity contribution is -0.124. The van der Waals surface area contributed by atoms with Gasteiger partial charge in [-0.1, -0.05) is 49.4 Å². The van der Waals surface area contributed by atoms with Gasteiger partial charge in [0.1, 0.15) is 0 Å². The summed E-state index contributed by atoms with van der Waals surface area (Å²) in [6, 6.07) is 18.9. The van der Waals surface area contributed by atoms with Crippen molar-refractivity contribution in [2.75, 3.05) is 11.9 Å². The molecular weight excluding hydrogens is 298 g/mol. The number of benzene rings is 2. The Bertz CT molecular complexity index is 611. The van der Waals surface area contributed by atoms with Crippen LogP contribution in [0.5, 0.6) is 0 Å². The first-order chi connectivity index (χ1) is 11.7. The fraction of sp³-hybridized carbons (Fsp3) is 0.350. The van der Waals surface area contributed by atoms with E-state index in [9.17, 15) is 4.79 Å². The van der Waals surface area contributed by atoms with Gasteiger partial charge in [0.25, 0.3) is 0 Å². The zero-order chi connectivity index (χ0) is 17.2. The molecular formula is C20H27N3O. The number of hydrogen-bond acceptors (Lipinski definition) is 3. The first-order valence-electron chi connectivity index (χ1n) is 8.56. The van der Waals surface area contributed by atoms with E-state index in [1.54, 1.807) is 0 Å². The molecule has 0 aliphatic heterocycles. The van der Waals surface area contributed by atoms with E-state index in [4.69, 9.17) is 5.84 Å². The third-order valence-corrected chi connectivity index (χ3v) is 4.15. The van der Waals surface area contributed by atoms with Crippen molar-refractivity contribution in [2.45, 2.75) is 32.6 Å². The maximum absolute atomic E-state index is 11.4. The maximum Gasteiger partial charge on any atom is 0.237 e. The Kier molecular flexibility index (Phi) is 7.30. The number of unbranched alkanes of at least 4 members (excludes halogenated alkanes) is 1. The van der Waals surface area contributed by atoms with Gasteiger partial charge in [-0.3, -0.25) is 10.2 Å². The van der Waals surface area contributed by atoms with Crippen LogP contribution in [0.25, 0.3) is 0 Å². The van der Waals surface area contributed by atoms with E-state index in [0.29, 0.717) is 6.42 Å². The lowest BCUT2D eigenvalue weighted by atomic mass is 10.0.